The van der Waals surface area contributed by atoms with Crippen molar-refractivity contribution in [3.63, 3.8) is 0 Å². The summed E-state index contributed by atoms with van der Waals surface area (Å²) in [4.78, 5) is 32.1. The number of hydrogen-bond donors (Lipinski definition) is 1. The third-order valence-corrected chi connectivity index (χ3v) is 4.98. The van der Waals surface area contributed by atoms with Gasteiger partial charge in [-0.05, 0) is 25.7 Å². The molecule has 1 aromatic heterocycles. The zero-order valence-electron chi connectivity index (χ0n) is 12.8. The first-order chi connectivity index (χ1) is 10.6. The van der Waals surface area contributed by atoms with E-state index in [2.05, 4.69) is 10.3 Å². The Morgan fingerprint density at radius 2 is 2.27 bits per heavy atom. The number of carbonyl (C=O) groups excluding carboxylic acids is 2. The van der Waals surface area contributed by atoms with Crippen molar-refractivity contribution in [2.24, 2.45) is 0 Å². The maximum atomic E-state index is 12.4. The molecule has 1 saturated carbocycles. The largest absolute Gasteiger partial charge is 0.338 e. The summed E-state index contributed by atoms with van der Waals surface area (Å²) >= 11 is 1.53. The van der Waals surface area contributed by atoms with Crippen LogP contribution in [0.2, 0.25) is 0 Å². The van der Waals surface area contributed by atoms with Gasteiger partial charge in [0, 0.05) is 31.4 Å². The minimum absolute atomic E-state index is 0.0465. The molecule has 0 bridgehead atoms. The highest BCUT2D eigenvalue weighted by Gasteiger charge is 2.36. The summed E-state index contributed by atoms with van der Waals surface area (Å²) in [5, 5.41) is 4.87. The number of amides is 3. The number of urea groups is 1. The molecule has 2 heterocycles. The number of carbonyl (C=O) groups is 2. The van der Waals surface area contributed by atoms with E-state index < -0.39 is 0 Å². The molecule has 2 fully saturated rings. The molecule has 0 spiro atoms. The van der Waals surface area contributed by atoms with Gasteiger partial charge in [0.1, 0.15) is 0 Å². The van der Waals surface area contributed by atoms with Crippen molar-refractivity contribution in [3.8, 4) is 0 Å². The van der Waals surface area contributed by atoms with Gasteiger partial charge in [-0.15, -0.1) is 11.3 Å². The number of thiazole rings is 1. The van der Waals surface area contributed by atoms with Crippen LogP contribution >= 0.6 is 11.3 Å². The van der Waals surface area contributed by atoms with Crippen molar-refractivity contribution in [1.82, 2.24) is 20.1 Å². The van der Waals surface area contributed by atoms with Gasteiger partial charge in [0.15, 0.2) is 0 Å². The molecule has 1 saturated heterocycles. The van der Waals surface area contributed by atoms with E-state index in [1.54, 1.807) is 12.4 Å². The second-order valence-corrected chi connectivity index (χ2v) is 6.75. The summed E-state index contributed by atoms with van der Waals surface area (Å²) in [6.45, 7) is 3.53. The lowest BCUT2D eigenvalue weighted by Gasteiger charge is -2.30. The first-order valence-electron chi connectivity index (χ1n) is 7.84. The Bertz CT molecular complexity index is 530. The molecular weight excluding hydrogens is 300 g/mol. The van der Waals surface area contributed by atoms with Crippen molar-refractivity contribution < 1.29 is 9.59 Å². The smallest absolute Gasteiger partial charge is 0.318 e. The van der Waals surface area contributed by atoms with Gasteiger partial charge in [0.05, 0.1) is 23.8 Å². The molecule has 0 aromatic carbocycles. The predicted octanol–water partition coefficient (Wildman–Crippen LogP) is 1.83. The van der Waals surface area contributed by atoms with Crippen LogP contribution in [0, 0.1) is 0 Å². The lowest BCUT2D eigenvalue weighted by molar-refractivity contribution is -0.130. The van der Waals surface area contributed by atoms with E-state index in [9.17, 15) is 9.59 Å². The molecule has 1 aromatic rings. The number of rotatable bonds is 5. The molecule has 7 heteroatoms. The van der Waals surface area contributed by atoms with E-state index in [-0.39, 0.29) is 18.0 Å². The number of likely N-dealkylation sites (tertiary alicyclic amines) is 1. The van der Waals surface area contributed by atoms with E-state index >= 15 is 0 Å². The SMILES string of the molecule is CC(=O)N(CC1CCCN1C(=O)NCc1cscn1)C1CC1. The van der Waals surface area contributed by atoms with Crippen LogP contribution < -0.4 is 5.32 Å². The maximum Gasteiger partial charge on any atom is 0.318 e. The fraction of sp³-hybridized carbons (Fsp3) is 0.667. The number of hydrogen-bond acceptors (Lipinski definition) is 4. The van der Waals surface area contributed by atoms with Crippen molar-refractivity contribution >= 4 is 23.3 Å². The second-order valence-electron chi connectivity index (χ2n) is 6.03. The number of aromatic nitrogens is 1. The Labute approximate surface area is 134 Å². The van der Waals surface area contributed by atoms with Gasteiger partial charge in [0.25, 0.3) is 0 Å². The van der Waals surface area contributed by atoms with Gasteiger partial charge < -0.3 is 15.1 Å². The molecule has 3 rings (SSSR count). The normalized spacial score (nSPS) is 21.0. The van der Waals surface area contributed by atoms with Gasteiger partial charge >= 0.3 is 6.03 Å². The minimum atomic E-state index is -0.0465. The zero-order chi connectivity index (χ0) is 15.5. The van der Waals surface area contributed by atoms with E-state index in [0.29, 0.717) is 19.1 Å². The molecule has 1 unspecified atom stereocenters. The van der Waals surface area contributed by atoms with Crippen molar-refractivity contribution in [1.29, 1.82) is 0 Å². The molecule has 1 N–H and O–H groups in total. The molecule has 1 aliphatic heterocycles. The standard InChI is InChI=1S/C15H22N4O2S/c1-11(20)19(13-4-5-13)8-14-3-2-6-18(14)15(21)16-7-12-9-22-10-17-12/h9-10,13-14H,2-8H2,1H3,(H,16,21). The molecule has 22 heavy (non-hydrogen) atoms. The van der Waals surface area contributed by atoms with Crippen LogP contribution in [0.15, 0.2) is 10.9 Å². The van der Waals surface area contributed by atoms with E-state index in [4.69, 9.17) is 0 Å². The minimum Gasteiger partial charge on any atom is -0.338 e. The molecule has 3 amide bonds. The summed E-state index contributed by atoms with van der Waals surface area (Å²) < 4.78 is 0. The Morgan fingerprint density at radius 3 is 2.91 bits per heavy atom. The molecule has 0 radical (unpaired) electrons. The third-order valence-electron chi connectivity index (χ3n) is 4.34. The Hall–Kier alpha value is -1.63. The number of nitrogens with one attached hydrogen (secondary N) is 1. The van der Waals surface area contributed by atoms with E-state index in [0.717, 1.165) is 37.9 Å². The fourth-order valence-corrected chi connectivity index (χ4v) is 3.59. The Morgan fingerprint density at radius 1 is 1.45 bits per heavy atom. The molecule has 1 aliphatic carbocycles. The monoisotopic (exact) mass is 322 g/mol. The highest BCUT2D eigenvalue weighted by Crippen LogP contribution is 2.29. The summed E-state index contributed by atoms with van der Waals surface area (Å²) in [5.41, 5.74) is 2.65. The van der Waals surface area contributed by atoms with Crippen LogP contribution in [0.1, 0.15) is 38.3 Å². The van der Waals surface area contributed by atoms with E-state index in [1.807, 2.05) is 15.2 Å². The summed E-state index contributed by atoms with van der Waals surface area (Å²) in [7, 11) is 0. The summed E-state index contributed by atoms with van der Waals surface area (Å²) in [5.74, 6) is 0.122. The van der Waals surface area contributed by atoms with Gasteiger partial charge in [-0.2, -0.15) is 0 Å². The molecular formula is C15H22N4O2S. The Kier molecular flexibility index (Phi) is 4.61. The average Bonchev–Trinajstić information content (AvgIpc) is 3.02. The first kappa shape index (κ1) is 15.3. The van der Waals surface area contributed by atoms with Gasteiger partial charge in [-0.3, -0.25) is 4.79 Å². The molecule has 6 nitrogen and oxygen atoms in total. The maximum absolute atomic E-state index is 12.4. The van der Waals surface area contributed by atoms with Crippen LogP contribution in [0.4, 0.5) is 4.79 Å². The second kappa shape index (κ2) is 6.64. The molecule has 120 valence electrons. The lowest BCUT2D eigenvalue weighted by Crippen LogP contribution is -2.48. The van der Waals surface area contributed by atoms with Crippen molar-refractivity contribution in [2.45, 2.75) is 51.2 Å². The highest BCUT2D eigenvalue weighted by molar-refractivity contribution is 7.07. The summed E-state index contributed by atoms with van der Waals surface area (Å²) in [6, 6.07) is 0.493. The van der Waals surface area contributed by atoms with Crippen LogP contribution in [-0.2, 0) is 11.3 Å². The van der Waals surface area contributed by atoms with Crippen LogP contribution in [0.5, 0.6) is 0 Å². The van der Waals surface area contributed by atoms with Crippen LogP contribution in [0.3, 0.4) is 0 Å². The third kappa shape index (κ3) is 3.58. The summed E-state index contributed by atoms with van der Waals surface area (Å²) in [6.07, 6.45) is 4.18. The van der Waals surface area contributed by atoms with Crippen LogP contribution in [-0.4, -0.2) is 51.9 Å². The fourth-order valence-electron chi connectivity index (χ4n) is 3.03. The quantitative estimate of drug-likeness (QED) is 0.899. The van der Waals surface area contributed by atoms with Gasteiger partial charge in [-0.25, -0.2) is 9.78 Å². The topological polar surface area (TPSA) is 65.5 Å². The number of nitrogens with zero attached hydrogens (tertiary/aromatic N) is 3. The van der Waals surface area contributed by atoms with Crippen molar-refractivity contribution in [2.75, 3.05) is 13.1 Å². The molecule has 1 atom stereocenters. The highest BCUT2D eigenvalue weighted by atomic mass is 32.1. The van der Waals surface area contributed by atoms with Crippen molar-refractivity contribution in [3.05, 3.63) is 16.6 Å². The lowest BCUT2D eigenvalue weighted by atomic mass is 10.2. The first-order valence-corrected chi connectivity index (χ1v) is 8.78. The zero-order valence-corrected chi connectivity index (χ0v) is 13.6. The van der Waals surface area contributed by atoms with Gasteiger partial charge in [0.2, 0.25) is 5.91 Å². The Balaban J connectivity index is 1.55. The average molecular weight is 322 g/mol. The van der Waals surface area contributed by atoms with Crippen LogP contribution in [0.25, 0.3) is 0 Å². The predicted molar refractivity (Wildman–Crippen MR) is 84.5 cm³/mol. The van der Waals surface area contributed by atoms with Gasteiger partial charge in [-0.1, -0.05) is 0 Å². The molecule has 2 aliphatic rings. The van der Waals surface area contributed by atoms with E-state index in [1.165, 1.54) is 11.3 Å².